The van der Waals surface area contributed by atoms with Gasteiger partial charge in [-0.3, -0.25) is 4.79 Å². The first-order valence-corrected chi connectivity index (χ1v) is 7.45. The highest BCUT2D eigenvalue weighted by Crippen LogP contribution is 2.21. The van der Waals surface area contributed by atoms with Crippen molar-refractivity contribution >= 4 is 50.3 Å². The molecule has 1 heterocycles. The molecule has 0 radical (unpaired) electrons. The van der Waals surface area contributed by atoms with Crippen molar-refractivity contribution in [1.82, 2.24) is 8.75 Å². The molecular formula is C14H10BrN3OS. The van der Waals surface area contributed by atoms with E-state index in [1.54, 1.807) is 12.1 Å². The predicted molar refractivity (Wildman–Crippen MR) is 84.2 cm³/mol. The molecule has 0 saturated carbocycles. The molecule has 0 unspecified atom stereocenters. The number of anilines is 1. The van der Waals surface area contributed by atoms with Crippen LogP contribution in [0, 0.1) is 6.92 Å². The molecule has 100 valence electrons. The number of aryl methyl sites for hydroxylation is 1. The molecule has 0 atom stereocenters. The lowest BCUT2D eigenvalue weighted by molar-refractivity contribution is 0.102. The minimum atomic E-state index is -0.148. The number of nitrogens with zero attached hydrogens (tertiary/aromatic N) is 2. The maximum Gasteiger partial charge on any atom is 0.255 e. The van der Waals surface area contributed by atoms with Crippen LogP contribution in [0.1, 0.15) is 15.9 Å². The number of fused-ring (bicyclic) bond motifs is 1. The average molecular weight is 348 g/mol. The molecule has 0 saturated heterocycles. The van der Waals surface area contributed by atoms with Gasteiger partial charge in [0.05, 0.1) is 11.7 Å². The van der Waals surface area contributed by atoms with E-state index >= 15 is 0 Å². The lowest BCUT2D eigenvalue weighted by atomic mass is 10.1. The predicted octanol–water partition coefficient (Wildman–Crippen LogP) is 4.01. The molecule has 1 N–H and O–H groups in total. The van der Waals surface area contributed by atoms with Gasteiger partial charge in [0.2, 0.25) is 0 Å². The molecule has 2 aromatic carbocycles. The Bertz CT molecular complexity index is 800. The number of nitrogens with one attached hydrogen (secondary N) is 1. The molecule has 0 aliphatic carbocycles. The number of hydrogen-bond donors (Lipinski definition) is 1. The Morgan fingerprint density at radius 3 is 2.75 bits per heavy atom. The maximum absolute atomic E-state index is 12.2. The van der Waals surface area contributed by atoms with Gasteiger partial charge < -0.3 is 5.32 Å². The van der Waals surface area contributed by atoms with Gasteiger partial charge in [0.15, 0.2) is 0 Å². The van der Waals surface area contributed by atoms with Crippen molar-refractivity contribution in [3.05, 3.63) is 52.0 Å². The molecule has 4 nitrogen and oxygen atoms in total. The summed E-state index contributed by atoms with van der Waals surface area (Å²) in [5.41, 5.74) is 3.94. The largest absolute Gasteiger partial charge is 0.322 e. The van der Waals surface area contributed by atoms with E-state index in [-0.39, 0.29) is 5.91 Å². The normalized spacial score (nSPS) is 10.7. The van der Waals surface area contributed by atoms with Gasteiger partial charge in [-0.05, 0) is 48.9 Å². The summed E-state index contributed by atoms with van der Waals surface area (Å²) in [6.07, 6.45) is 0. The third kappa shape index (κ3) is 2.57. The summed E-state index contributed by atoms with van der Waals surface area (Å²) in [7, 11) is 0. The van der Waals surface area contributed by atoms with Crippen molar-refractivity contribution in [2.45, 2.75) is 6.92 Å². The molecule has 1 amide bonds. The van der Waals surface area contributed by atoms with E-state index in [1.165, 1.54) is 0 Å². The van der Waals surface area contributed by atoms with Crippen LogP contribution in [0.15, 0.2) is 40.9 Å². The second-order valence-electron chi connectivity index (χ2n) is 4.38. The Morgan fingerprint density at radius 2 is 1.95 bits per heavy atom. The van der Waals surface area contributed by atoms with Crippen molar-refractivity contribution in [2.24, 2.45) is 0 Å². The highest BCUT2D eigenvalue weighted by Gasteiger charge is 2.10. The van der Waals surface area contributed by atoms with Crippen molar-refractivity contribution in [2.75, 3.05) is 5.32 Å². The number of carbonyl (C=O) groups is 1. The van der Waals surface area contributed by atoms with Gasteiger partial charge in [0.25, 0.3) is 5.91 Å². The van der Waals surface area contributed by atoms with Crippen LogP contribution in [-0.4, -0.2) is 14.7 Å². The standard InChI is InChI=1S/C14H10BrN3OS/c1-8-6-10(15)3-5-11(8)16-14(19)9-2-4-12-13(7-9)18-20-17-12/h2-7H,1H3,(H,16,19). The zero-order chi connectivity index (χ0) is 14.1. The number of carbonyl (C=O) groups excluding carboxylic acids is 1. The van der Waals surface area contributed by atoms with Crippen LogP contribution in [0.5, 0.6) is 0 Å². The molecule has 1 aromatic heterocycles. The Balaban J connectivity index is 1.88. The van der Waals surface area contributed by atoms with E-state index in [9.17, 15) is 4.79 Å². The van der Waals surface area contributed by atoms with Crippen LogP contribution in [-0.2, 0) is 0 Å². The van der Waals surface area contributed by atoms with E-state index in [1.807, 2.05) is 31.2 Å². The minimum absolute atomic E-state index is 0.148. The SMILES string of the molecule is Cc1cc(Br)ccc1NC(=O)c1ccc2nsnc2c1. The summed E-state index contributed by atoms with van der Waals surface area (Å²) in [6.45, 7) is 1.95. The molecule has 0 aliphatic rings. The van der Waals surface area contributed by atoms with Gasteiger partial charge in [0.1, 0.15) is 11.0 Å². The number of halogens is 1. The molecule has 0 bridgehead atoms. The number of aromatic nitrogens is 2. The van der Waals surface area contributed by atoms with Crippen LogP contribution in [0.3, 0.4) is 0 Å². The van der Waals surface area contributed by atoms with E-state index in [0.29, 0.717) is 5.56 Å². The summed E-state index contributed by atoms with van der Waals surface area (Å²) < 4.78 is 9.25. The molecule has 0 aliphatic heterocycles. The third-order valence-corrected chi connectivity index (χ3v) is 4.00. The number of benzene rings is 2. The molecule has 3 rings (SSSR count). The van der Waals surface area contributed by atoms with Gasteiger partial charge in [-0.1, -0.05) is 15.9 Å². The van der Waals surface area contributed by atoms with Crippen LogP contribution in [0.25, 0.3) is 11.0 Å². The lowest BCUT2D eigenvalue weighted by Crippen LogP contribution is -2.12. The maximum atomic E-state index is 12.2. The van der Waals surface area contributed by atoms with Crippen LogP contribution in [0.2, 0.25) is 0 Å². The van der Waals surface area contributed by atoms with Crippen molar-refractivity contribution < 1.29 is 4.79 Å². The number of amides is 1. The van der Waals surface area contributed by atoms with Gasteiger partial charge in [-0.15, -0.1) is 0 Å². The number of hydrogen-bond acceptors (Lipinski definition) is 4. The fourth-order valence-electron chi connectivity index (χ4n) is 1.89. The molecule has 6 heteroatoms. The molecule has 3 aromatic rings. The number of rotatable bonds is 2. The second-order valence-corrected chi connectivity index (χ2v) is 5.83. The molecular weight excluding hydrogens is 338 g/mol. The highest BCUT2D eigenvalue weighted by atomic mass is 79.9. The second kappa shape index (κ2) is 5.30. The minimum Gasteiger partial charge on any atom is -0.322 e. The van der Waals surface area contributed by atoms with Crippen LogP contribution < -0.4 is 5.32 Å². The fraction of sp³-hybridized carbons (Fsp3) is 0.0714. The van der Waals surface area contributed by atoms with Gasteiger partial charge in [-0.2, -0.15) is 8.75 Å². The monoisotopic (exact) mass is 347 g/mol. The summed E-state index contributed by atoms with van der Waals surface area (Å²) >= 11 is 4.55. The quantitative estimate of drug-likeness (QED) is 0.761. The molecule has 20 heavy (non-hydrogen) atoms. The van der Waals surface area contributed by atoms with Crippen molar-refractivity contribution in [1.29, 1.82) is 0 Å². The smallest absolute Gasteiger partial charge is 0.255 e. The van der Waals surface area contributed by atoms with E-state index in [0.717, 1.165) is 38.5 Å². The van der Waals surface area contributed by atoms with E-state index in [4.69, 9.17) is 0 Å². The Kier molecular flexibility index (Phi) is 3.50. The Morgan fingerprint density at radius 1 is 1.15 bits per heavy atom. The Labute approximate surface area is 128 Å². The zero-order valence-corrected chi connectivity index (χ0v) is 13.0. The molecule has 0 spiro atoms. The lowest BCUT2D eigenvalue weighted by Gasteiger charge is -2.08. The van der Waals surface area contributed by atoms with Crippen LogP contribution >= 0.6 is 27.7 Å². The van der Waals surface area contributed by atoms with Gasteiger partial charge in [-0.25, -0.2) is 0 Å². The van der Waals surface area contributed by atoms with Gasteiger partial charge >= 0.3 is 0 Å². The van der Waals surface area contributed by atoms with E-state index in [2.05, 4.69) is 30.0 Å². The highest BCUT2D eigenvalue weighted by molar-refractivity contribution is 9.10. The fourth-order valence-corrected chi connectivity index (χ4v) is 2.88. The summed E-state index contributed by atoms with van der Waals surface area (Å²) in [5, 5.41) is 2.91. The first-order chi connectivity index (χ1) is 9.63. The van der Waals surface area contributed by atoms with Crippen molar-refractivity contribution in [3.63, 3.8) is 0 Å². The Hall–Kier alpha value is -1.79. The first kappa shape index (κ1) is 13.2. The van der Waals surface area contributed by atoms with Crippen LogP contribution in [0.4, 0.5) is 5.69 Å². The summed E-state index contributed by atoms with van der Waals surface area (Å²) in [4.78, 5) is 12.2. The topological polar surface area (TPSA) is 54.9 Å². The zero-order valence-electron chi connectivity index (χ0n) is 10.6. The first-order valence-electron chi connectivity index (χ1n) is 5.93. The average Bonchev–Trinajstić information content (AvgIpc) is 2.89. The summed E-state index contributed by atoms with van der Waals surface area (Å²) in [6, 6.07) is 11.1. The van der Waals surface area contributed by atoms with Gasteiger partial charge in [0, 0.05) is 15.7 Å². The van der Waals surface area contributed by atoms with E-state index < -0.39 is 0 Å². The summed E-state index contributed by atoms with van der Waals surface area (Å²) in [5.74, 6) is -0.148. The third-order valence-electron chi connectivity index (χ3n) is 2.95. The molecule has 0 fully saturated rings. The van der Waals surface area contributed by atoms with Crippen molar-refractivity contribution in [3.8, 4) is 0 Å².